The molecule has 0 radical (unpaired) electrons. The number of ether oxygens (including phenoxy) is 1. The summed E-state index contributed by atoms with van der Waals surface area (Å²) in [6.45, 7) is 2.46. The highest BCUT2D eigenvalue weighted by Crippen LogP contribution is 2.19. The molecular weight excluding hydrogens is 304 g/mol. The van der Waals surface area contributed by atoms with Gasteiger partial charge in [-0.05, 0) is 37.1 Å². The summed E-state index contributed by atoms with van der Waals surface area (Å²) in [5.74, 6) is 0.337. The molecule has 0 bridgehead atoms. The zero-order valence-corrected chi connectivity index (χ0v) is 14.0. The van der Waals surface area contributed by atoms with Gasteiger partial charge in [0.15, 0.2) is 0 Å². The van der Waals surface area contributed by atoms with Gasteiger partial charge in [0, 0.05) is 12.1 Å². The predicted octanol–water partition coefficient (Wildman–Crippen LogP) is 2.09. The first-order valence-corrected chi connectivity index (χ1v) is 7.83. The SMILES string of the molecule is COc1ccc(C)cc1CCNC(=O)CNC(=O)c1ccccc1. The number of nitrogens with one attached hydrogen (secondary N) is 2. The van der Waals surface area contributed by atoms with Gasteiger partial charge < -0.3 is 15.4 Å². The fourth-order valence-corrected chi connectivity index (χ4v) is 2.35. The summed E-state index contributed by atoms with van der Waals surface area (Å²) in [5, 5.41) is 5.40. The highest BCUT2D eigenvalue weighted by molar-refractivity contribution is 5.96. The fraction of sp³-hybridized carbons (Fsp3) is 0.263. The highest BCUT2D eigenvalue weighted by Gasteiger charge is 2.08. The quantitative estimate of drug-likeness (QED) is 0.819. The van der Waals surface area contributed by atoms with E-state index in [2.05, 4.69) is 10.6 Å². The van der Waals surface area contributed by atoms with Crippen LogP contribution in [0.25, 0.3) is 0 Å². The maximum atomic E-state index is 11.9. The standard InChI is InChI=1S/C19H22N2O3/c1-14-8-9-17(24-2)16(12-14)10-11-20-18(22)13-21-19(23)15-6-4-3-5-7-15/h3-9,12H,10-11,13H2,1-2H3,(H,20,22)(H,21,23). The Morgan fingerprint density at radius 1 is 1.04 bits per heavy atom. The average Bonchev–Trinajstić information content (AvgIpc) is 2.60. The van der Waals surface area contributed by atoms with Gasteiger partial charge in [-0.1, -0.05) is 35.9 Å². The van der Waals surface area contributed by atoms with E-state index in [0.29, 0.717) is 18.5 Å². The van der Waals surface area contributed by atoms with Crippen LogP contribution in [0.1, 0.15) is 21.5 Å². The summed E-state index contributed by atoms with van der Waals surface area (Å²) in [5.41, 5.74) is 2.73. The zero-order valence-electron chi connectivity index (χ0n) is 14.0. The number of carbonyl (C=O) groups excluding carboxylic acids is 2. The van der Waals surface area contributed by atoms with Gasteiger partial charge in [0.25, 0.3) is 5.91 Å². The molecule has 2 rings (SSSR count). The third kappa shape index (κ3) is 5.12. The minimum Gasteiger partial charge on any atom is -0.496 e. The second-order valence-electron chi connectivity index (χ2n) is 5.46. The van der Waals surface area contributed by atoms with Gasteiger partial charge in [0.05, 0.1) is 13.7 Å². The Morgan fingerprint density at radius 3 is 2.50 bits per heavy atom. The number of hydrogen-bond donors (Lipinski definition) is 2. The molecule has 0 aliphatic heterocycles. The average molecular weight is 326 g/mol. The van der Waals surface area contributed by atoms with E-state index >= 15 is 0 Å². The van der Waals surface area contributed by atoms with E-state index in [1.807, 2.05) is 31.2 Å². The number of amides is 2. The van der Waals surface area contributed by atoms with Gasteiger partial charge in [-0.3, -0.25) is 9.59 Å². The van der Waals surface area contributed by atoms with E-state index in [0.717, 1.165) is 16.9 Å². The van der Waals surface area contributed by atoms with Crippen molar-refractivity contribution < 1.29 is 14.3 Å². The Labute approximate surface area is 142 Å². The number of hydrogen-bond acceptors (Lipinski definition) is 3. The molecule has 2 aromatic carbocycles. The van der Waals surface area contributed by atoms with Crippen LogP contribution < -0.4 is 15.4 Å². The maximum absolute atomic E-state index is 11.9. The summed E-state index contributed by atoms with van der Waals surface area (Å²) in [7, 11) is 1.63. The summed E-state index contributed by atoms with van der Waals surface area (Å²) < 4.78 is 5.32. The van der Waals surface area contributed by atoms with Gasteiger partial charge in [-0.2, -0.15) is 0 Å². The Bertz CT molecular complexity index is 699. The van der Waals surface area contributed by atoms with Crippen LogP contribution in [0.5, 0.6) is 5.75 Å². The molecule has 2 aromatic rings. The molecule has 0 aliphatic rings. The zero-order chi connectivity index (χ0) is 17.4. The number of methoxy groups -OCH3 is 1. The summed E-state index contributed by atoms with van der Waals surface area (Å²) in [6, 6.07) is 14.8. The van der Waals surface area contributed by atoms with Crippen LogP contribution in [0.15, 0.2) is 48.5 Å². The minimum absolute atomic E-state index is 0.0430. The molecule has 0 saturated heterocycles. The number of benzene rings is 2. The molecule has 0 aliphatic carbocycles. The van der Waals surface area contributed by atoms with E-state index in [9.17, 15) is 9.59 Å². The first-order chi connectivity index (χ1) is 11.6. The van der Waals surface area contributed by atoms with Crippen molar-refractivity contribution in [1.29, 1.82) is 0 Å². The smallest absolute Gasteiger partial charge is 0.251 e. The van der Waals surface area contributed by atoms with Gasteiger partial charge in [0.1, 0.15) is 5.75 Å². The van der Waals surface area contributed by atoms with E-state index in [1.165, 1.54) is 0 Å². The third-order valence-electron chi connectivity index (χ3n) is 3.60. The largest absolute Gasteiger partial charge is 0.496 e. The van der Waals surface area contributed by atoms with E-state index in [-0.39, 0.29) is 18.4 Å². The molecule has 0 aromatic heterocycles. The summed E-state index contributed by atoms with van der Waals surface area (Å²) in [4.78, 5) is 23.7. The molecule has 0 heterocycles. The normalized spacial score (nSPS) is 10.1. The highest BCUT2D eigenvalue weighted by atomic mass is 16.5. The lowest BCUT2D eigenvalue weighted by atomic mass is 10.1. The topological polar surface area (TPSA) is 67.4 Å². The number of aryl methyl sites for hydroxylation is 1. The van der Waals surface area contributed by atoms with E-state index in [4.69, 9.17) is 4.74 Å². The van der Waals surface area contributed by atoms with Crippen molar-refractivity contribution in [3.8, 4) is 5.75 Å². The summed E-state index contributed by atoms with van der Waals surface area (Å²) >= 11 is 0. The number of carbonyl (C=O) groups is 2. The summed E-state index contributed by atoms with van der Waals surface area (Å²) in [6.07, 6.45) is 0.670. The molecule has 2 amide bonds. The predicted molar refractivity (Wildman–Crippen MR) is 93.2 cm³/mol. The van der Waals surface area contributed by atoms with Crippen LogP contribution in [-0.4, -0.2) is 32.0 Å². The van der Waals surface area contributed by atoms with Crippen molar-refractivity contribution in [3.05, 3.63) is 65.2 Å². The van der Waals surface area contributed by atoms with Crippen molar-refractivity contribution in [2.45, 2.75) is 13.3 Å². The van der Waals surface area contributed by atoms with Gasteiger partial charge in [-0.15, -0.1) is 0 Å². The molecule has 5 nitrogen and oxygen atoms in total. The first-order valence-electron chi connectivity index (χ1n) is 7.83. The van der Waals surface area contributed by atoms with Gasteiger partial charge in [-0.25, -0.2) is 0 Å². The van der Waals surface area contributed by atoms with Crippen LogP contribution in [-0.2, 0) is 11.2 Å². The lowest BCUT2D eigenvalue weighted by Gasteiger charge is -2.10. The van der Waals surface area contributed by atoms with Crippen molar-refractivity contribution in [3.63, 3.8) is 0 Å². The lowest BCUT2D eigenvalue weighted by Crippen LogP contribution is -2.37. The van der Waals surface area contributed by atoms with Crippen LogP contribution in [0, 0.1) is 6.92 Å². The fourth-order valence-electron chi connectivity index (χ4n) is 2.35. The molecule has 0 saturated carbocycles. The second-order valence-corrected chi connectivity index (χ2v) is 5.46. The van der Waals surface area contributed by atoms with Gasteiger partial charge in [0.2, 0.25) is 5.91 Å². The van der Waals surface area contributed by atoms with Crippen molar-refractivity contribution in [2.24, 2.45) is 0 Å². The van der Waals surface area contributed by atoms with Gasteiger partial charge >= 0.3 is 0 Å². The molecule has 5 heteroatoms. The Hall–Kier alpha value is -2.82. The number of rotatable bonds is 7. The van der Waals surface area contributed by atoms with Crippen LogP contribution >= 0.6 is 0 Å². The Balaban J connectivity index is 1.76. The minimum atomic E-state index is -0.258. The molecule has 0 fully saturated rings. The molecule has 0 spiro atoms. The van der Waals surface area contributed by atoms with Crippen molar-refractivity contribution >= 4 is 11.8 Å². The van der Waals surface area contributed by atoms with Crippen LogP contribution in [0.4, 0.5) is 0 Å². The van der Waals surface area contributed by atoms with Crippen LogP contribution in [0.2, 0.25) is 0 Å². The molecule has 24 heavy (non-hydrogen) atoms. The Morgan fingerprint density at radius 2 is 1.79 bits per heavy atom. The monoisotopic (exact) mass is 326 g/mol. The Kier molecular flexibility index (Phi) is 6.37. The van der Waals surface area contributed by atoms with Crippen LogP contribution in [0.3, 0.4) is 0 Å². The molecule has 2 N–H and O–H groups in total. The molecule has 0 atom stereocenters. The van der Waals surface area contributed by atoms with Crippen molar-refractivity contribution in [2.75, 3.05) is 20.2 Å². The first kappa shape index (κ1) is 17.5. The van der Waals surface area contributed by atoms with E-state index in [1.54, 1.807) is 31.4 Å². The third-order valence-corrected chi connectivity index (χ3v) is 3.60. The molecule has 126 valence electrons. The van der Waals surface area contributed by atoms with Crippen molar-refractivity contribution in [1.82, 2.24) is 10.6 Å². The maximum Gasteiger partial charge on any atom is 0.251 e. The second kappa shape index (κ2) is 8.72. The van der Waals surface area contributed by atoms with E-state index < -0.39 is 0 Å². The molecular formula is C19H22N2O3. The molecule has 0 unspecified atom stereocenters. The lowest BCUT2D eigenvalue weighted by molar-refractivity contribution is -0.120.